The molecule has 0 unspecified atom stereocenters. The van der Waals surface area contributed by atoms with E-state index in [9.17, 15) is 0 Å². The molecule has 0 amide bonds. The maximum Gasteiger partial charge on any atom is 1.00 e. The molecular weight excluding hydrogens is 99.0 g/mol. The molecule has 0 saturated carbocycles. The first-order chi connectivity index (χ1) is 2.91. The van der Waals surface area contributed by atoms with Crippen molar-refractivity contribution in [2.75, 3.05) is 19.6 Å². The largest absolute Gasteiger partial charge is 1.00 e. The monoisotopic (exact) mass is 112 g/mol. The number of rotatable bonds is 3. The van der Waals surface area contributed by atoms with Crippen molar-refractivity contribution >= 4 is 0 Å². The molecule has 0 aliphatic rings. The summed E-state index contributed by atoms with van der Waals surface area (Å²) in [5.41, 5.74) is 5.15. The number of hydrogen-bond donors (Lipinski definition) is 2. The second kappa shape index (κ2) is 10.0. The molecule has 3 N–H and O–H groups in total. The minimum Gasteiger partial charge on any atom is -1.00 e. The van der Waals surface area contributed by atoms with Crippen LogP contribution in [0.15, 0.2) is 0 Å². The summed E-state index contributed by atoms with van der Waals surface area (Å²) in [4.78, 5) is 0. The molecular formula is C4H13N2Na. The summed E-state index contributed by atoms with van der Waals surface area (Å²) in [6, 6.07) is 0. The first-order valence-electron chi connectivity index (χ1n) is 2.32. The maximum absolute atomic E-state index is 5.15. The van der Waals surface area contributed by atoms with Gasteiger partial charge in [0.15, 0.2) is 0 Å². The van der Waals surface area contributed by atoms with Crippen LogP contribution in [0.5, 0.6) is 0 Å². The van der Waals surface area contributed by atoms with Gasteiger partial charge in [-0.2, -0.15) is 0 Å². The average molecular weight is 112 g/mol. The van der Waals surface area contributed by atoms with E-state index in [1.165, 1.54) is 0 Å². The number of nitrogens with two attached hydrogens (primary N) is 1. The van der Waals surface area contributed by atoms with E-state index in [4.69, 9.17) is 5.73 Å². The van der Waals surface area contributed by atoms with Gasteiger partial charge in [-0.1, -0.05) is 6.92 Å². The van der Waals surface area contributed by atoms with Crippen LogP contribution in [0.3, 0.4) is 0 Å². The Bertz CT molecular complexity index is 26.0. The van der Waals surface area contributed by atoms with E-state index < -0.39 is 0 Å². The Morgan fingerprint density at radius 1 is 1.71 bits per heavy atom. The third-order valence-electron chi connectivity index (χ3n) is 0.571. The standard InChI is InChI=1S/C4H12N2.Na.H/c1-2-6-4-3-5;;/h6H,2-5H2,1H3;;/q;+1;-1. The molecule has 0 atom stereocenters. The van der Waals surface area contributed by atoms with Crippen molar-refractivity contribution in [1.82, 2.24) is 5.32 Å². The topological polar surface area (TPSA) is 38.0 Å². The van der Waals surface area contributed by atoms with Crippen LogP contribution >= 0.6 is 0 Å². The molecule has 0 aliphatic carbocycles. The fourth-order valence-corrected chi connectivity index (χ4v) is 0.279. The van der Waals surface area contributed by atoms with Gasteiger partial charge in [0.05, 0.1) is 0 Å². The molecule has 0 saturated heterocycles. The van der Waals surface area contributed by atoms with Crippen molar-refractivity contribution in [2.45, 2.75) is 6.92 Å². The van der Waals surface area contributed by atoms with E-state index in [1.54, 1.807) is 0 Å². The van der Waals surface area contributed by atoms with E-state index >= 15 is 0 Å². The molecule has 0 aromatic heterocycles. The Morgan fingerprint density at radius 2 is 2.29 bits per heavy atom. The van der Waals surface area contributed by atoms with Crippen molar-refractivity contribution in [1.29, 1.82) is 0 Å². The minimum absolute atomic E-state index is 0. The second-order valence-corrected chi connectivity index (χ2v) is 1.14. The fraction of sp³-hybridized carbons (Fsp3) is 1.00. The molecule has 3 heteroatoms. The first kappa shape index (κ1) is 10.8. The molecule has 0 spiro atoms. The van der Waals surface area contributed by atoms with Gasteiger partial charge in [0.2, 0.25) is 0 Å². The quantitative estimate of drug-likeness (QED) is 0.296. The Morgan fingerprint density at radius 3 is 2.43 bits per heavy atom. The van der Waals surface area contributed by atoms with Crippen LogP contribution in [0, 0.1) is 0 Å². The average Bonchev–Trinajstić information content (AvgIpc) is 1.61. The molecule has 0 fully saturated rings. The fourth-order valence-electron chi connectivity index (χ4n) is 0.279. The zero-order valence-corrected chi connectivity index (χ0v) is 7.20. The molecule has 0 rings (SSSR count). The molecule has 0 aromatic carbocycles. The van der Waals surface area contributed by atoms with Crippen molar-refractivity contribution in [3.8, 4) is 0 Å². The number of nitrogens with one attached hydrogen (secondary N) is 1. The third-order valence-corrected chi connectivity index (χ3v) is 0.571. The van der Waals surface area contributed by atoms with Crippen LogP contribution in [0.2, 0.25) is 0 Å². The zero-order valence-electron chi connectivity index (χ0n) is 6.20. The Balaban J connectivity index is -0.000000125. The maximum atomic E-state index is 5.15. The molecule has 0 heterocycles. The van der Waals surface area contributed by atoms with Crippen LogP contribution in [-0.4, -0.2) is 19.6 Å². The third kappa shape index (κ3) is 10.9. The van der Waals surface area contributed by atoms with E-state index in [-0.39, 0.29) is 31.0 Å². The molecule has 0 aromatic rings. The van der Waals surface area contributed by atoms with E-state index in [0.717, 1.165) is 19.6 Å². The van der Waals surface area contributed by atoms with Gasteiger partial charge in [0.25, 0.3) is 0 Å². The predicted molar refractivity (Wildman–Crippen MR) is 28.7 cm³/mol. The van der Waals surface area contributed by atoms with Gasteiger partial charge in [0.1, 0.15) is 0 Å². The van der Waals surface area contributed by atoms with Crippen molar-refractivity contribution in [2.24, 2.45) is 5.73 Å². The summed E-state index contributed by atoms with van der Waals surface area (Å²) < 4.78 is 0. The van der Waals surface area contributed by atoms with Gasteiger partial charge >= 0.3 is 29.6 Å². The van der Waals surface area contributed by atoms with Gasteiger partial charge in [-0.3, -0.25) is 0 Å². The summed E-state index contributed by atoms with van der Waals surface area (Å²) in [7, 11) is 0. The molecule has 7 heavy (non-hydrogen) atoms. The van der Waals surface area contributed by atoms with E-state index in [0.29, 0.717) is 0 Å². The van der Waals surface area contributed by atoms with Crippen molar-refractivity contribution < 1.29 is 31.0 Å². The van der Waals surface area contributed by atoms with Crippen LogP contribution in [0.4, 0.5) is 0 Å². The SMILES string of the molecule is CCNCCN.[H-].[Na+]. The summed E-state index contributed by atoms with van der Waals surface area (Å²) >= 11 is 0. The second-order valence-electron chi connectivity index (χ2n) is 1.14. The summed E-state index contributed by atoms with van der Waals surface area (Å²) in [6.07, 6.45) is 0. The summed E-state index contributed by atoms with van der Waals surface area (Å²) in [6.45, 7) is 4.77. The van der Waals surface area contributed by atoms with Gasteiger partial charge in [-0.05, 0) is 6.54 Å². The molecule has 0 bridgehead atoms. The molecule has 0 aliphatic heterocycles. The van der Waals surface area contributed by atoms with Gasteiger partial charge in [0, 0.05) is 13.1 Å². The smallest absolute Gasteiger partial charge is 1.00 e. The van der Waals surface area contributed by atoms with Gasteiger partial charge in [-0.25, -0.2) is 0 Å². The summed E-state index contributed by atoms with van der Waals surface area (Å²) in [5.74, 6) is 0. The van der Waals surface area contributed by atoms with E-state index in [1.807, 2.05) is 0 Å². The number of likely N-dealkylation sites (N-methyl/N-ethyl adjacent to an activating group) is 1. The van der Waals surface area contributed by atoms with Crippen molar-refractivity contribution in [3.05, 3.63) is 0 Å². The summed E-state index contributed by atoms with van der Waals surface area (Å²) in [5, 5.41) is 3.07. The number of hydrogen-bond acceptors (Lipinski definition) is 2. The minimum atomic E-state index is 0. The zero-order chi connectivity index (χ0) is 4.83. The van der Waals surface area contributed by atoms with Crippen LogP contribution < -0.4 is 40.6 Å². The molecule has 2 nitrogen and oxygen atoms in total. The normalized spacial score (nSPS) is 7.71. The predicted octanol–water partition coefficient (Wildman–Crippen LogP) is -3.33. The van der Waals surface area contributed by atoms with Crippen LogP contribution in [-0.2, 0) is 0 Å². The van der Waals surface area contributed by atoms with Gasteiger partial charge in [-0.15, -0.1) is 0 Å². The Kier molecular flexibility index (Phi) is 15.5. The Hall–Kier alpha value is 0.920. The van der Waals surface area contributed by atoms with Crippen LogP contribution in [0.25, 0.3) is 0 Å². The Labute approximate surface area is 68.6 Å². The van der Waals surface area contributed by atoms with Gasteiger partial charge < -0.3 is 12.5 Å². The van der Waals surface area contributed by atoms with Crippen molar-refractivity contribution in [3.63, 3.8) is 0 Å². The molecule has 40 valence electrons. The van der Waals surface area contributed by atoms with E-state index in [2.05, 4.69) is 12.2 Å². The van der Waals surface area contributed by atoms with Crippen LogP contribution in [0.1, 0.15) is 8.35 Å². The molecule has 0 radical (unpaired) electrons. The first-order valence-corrected chi connectivity index (χ1v) is 2.32.